The third-order valence-corrected chi connectivity index (χ3v) is 3.44. The zero-order valence-electron chi connectivity index (χ0n) is 12.4. The van der Waals surface area contributed by atoms with Crippen LogP contribution >= 0.6 is 0 Å². The molecule has 0 amide bonds. The Kier molecular flexibility index (Phi) is 4.34. The fourth-order valence-corrected chi connectivity index (χ4v) is 2.45. The summed E-state index contributed by atoms with van der Waals surface area (Å²) in [6.45, 7) is 2.17. The summed E-state index contributed by atoms with van der Waals surface area (Å²) in [4.78, 5) is 2.24. The summed E-state index contributed by atoms with van der Waals surface area (Å²) in [7, 11) is 1.90. The van der Waals surface area contributed by atoms with Crippen LogP contribution in [0.3, 0.4) is 0 Å². The normalized spacial score (nSPS) is 11.2. The zero-order valence-corrected chi connectivity index (χ0v) is 12.4. The van der Waals surface area contributed by atoms with Gasteiger partial charge in [-0.2, -0.15) is 5.10 Å². The second-order valence-electron chi connectivity index (χ2n) is 5.37. The van der Waals surface area contributed by atoms with E-state index in [4.69, 9.17) is 4.42 Å². The van der Waals surface area contributed by atoms with Crippen molar-refractivity contribution in [3.63, 3.8) is 0 Å². The van der Waals surface area contributed by atoms with Crippen LogP contribution in [-0.2, 0) is 26.7 Å². The zero-order chi connectivity index (χ0) is 15.4. The summed E-state index contributed by atoms with van der Waals surface area (Å²) in [6.07, 6.45) is 5.54. The molecule has 3 aromatic rings. The quantitative estimate of drug-likeness (QED) is 0.700. The van der Waals surface area contributed by atoms with Crippen molar-refractivity contribution in [2.75, 3.05) is 0 Å². The Morgan fingerprint density at radius 3 is 2.50 bits per heavy atom. The lowest BCUT2D eigenvalue weighted by Crippen LogP contribution is -2.22. The first kappa shape index (κ1) is 14.5. The van der Waals surface area contributed by atoms with Gasteiger partial charge in [0.25, 0.3) is 0 Å². The van der Waals surface area contributed by atoms with Gasteiger partial charge in [-0.1, -0.05) is 12.1 Å². The van der Waals surface area contributed by atoms with Gasteiger partial charge >= 0.3 is 0 Å². The molecule has 2 heterocycles. The molecule has 0 radical (unpaired) electrons. The molecule has 0 aliphatic carbocycles. The van der Waals surface area contributed by atoms with Gasteiger partial charge in [0.2, 0.25) is 0 Å². The number of rotatable bonds is 6. The van der Waals surface area contributed by atoms with Crippen molar-refractivity contribution in [1.29, 1.82) is 0 Å². The molecule has 3 rings (SSSR count). The highest BCUT2D eigenvalue weighted by atomic mass is 19.1. The first-order valence-corrected chi connectivity index (χ1v) is 7.16. The summed E-state index contributed by atoms with van der Waals surface area (Å²) >= 11 is 0. The molecule has 2 aromatic heterocycles. The van der Waals surface area contributed by atoms with Crippen LogP contribution in [0.25, 0.3) is 0 Å². The topological polar surface area (TPSA) is 34.2 Å². The molecule has 4 nitrogen and oxygen atoms in total. The van der Waals surface area contributed by atoms with Crippen LogP contribution in [0.15, 0.2) is 59.5 Å². The van der Waals surface area contributed by atoms with Crippen LogP contribution in [0.2, 0.25) is 0 Å². The Bertz CT molecular complexity index is 704. The molecule has 1 aromatic carbocycles. The molecule has 0 atom stereocenters. The summed E-state index contributed by atoms with van der Waals surface area (Å²) in [5.41, 5.74) is 2.20. The van der Waals surface area contributed by atoms with Crippen molar-refractivity contribution >= 4 is 0 Å². The van der Waals surface area contributed by atoms with E-state index in [-0.39, 0.29) is 5.82 Å². The van der Waals surface area contributed by atoms with Gasteiger partial charge in [0.1, 0.15) is 11.6 Å². The average molecular weight is 299 g/mol. The first-order valence-electron chi connectivity index (χ1n) is 7.16. The monoisotopic (exact) mass is 299 g/mol. The standard InChI is InChI=1S/C17H18FN3O/c1-20-10-15(9-19-20)12-21(13-17-3-2-8-22-17)11-14-4-6-16(18)7-5-14/h2-10H,11-13H2,1H3. The molecule has 0 saturated carbocycles. The van der Waals surface area contributed by atoms with Gasteiger partial charge in [0.15, 0.2) is 0 Å². The van der Waals surface area contributed by atoms with Crippen LogP contribution < -0.4 is 0 Å². The first-order chi connectivity index (χ1) is 10.7. The molecule has 0 unspecified atom stereocenters. The molecule has 0 N–H and O–H groups in total. The van der Waals surface area contributed by atoms with Crippen molar-refractivity contribution in [3.05, 3.63) is 77.8 Å². The van der Waals surface area contributed by atoms with Gasteiger partial charge in [0.05, 0.1) is 19.0 Å². The fraction of sp³-hybridized carbons (Fsp3) is 0.235. The van der Waals surface area contributed by atoms with Gasteiger partial charge in [-0.05, 0) is 29.8 Å². The van der Waals surface area contributed by atoms with E-state index < -0.39 is 0 Å². The van der Waals surface area contributed by atoms with Crippen molar-refractivity contribution in [3.8, 4) is 0 Å². The minimum absolute atomic E-state index is 0.214. The second-order valence-corrected chi connectivity index (χ2v) is 5.37. The summed E-state index contributed by atoms with van der Waals surface area (Å²) in [5.74, 6) is 0.694. The SMILES string of the molecule is Cn1cc(CN(Cc2ccc(F)cc2)Cc2ccco2)cn1. The van der Waals surface area contributed by atoms with E-state index >= 15 is 0 Å². The molecular formula is C17H18FN3O. The third-order valence-electron chi connectivity index (χ3n) is 3.44. The van der Waals surface area contributed by atoms with Gasteiger partial charge in [-0.25, -0.2) is 4.39 Å². The average Bonchev–Trinajstić information content (AvgIpc) is 3.13. The maximum Gasteiger partial charge on any atom is 0.123 e. The van der Waals surface area contributed by atoms with Crippen molar-refractivity contribution in [2.24, 2.45) is 7.05 Å². The molecule has 0 aliphatic rings. The Hall–Kier alpha value is -2.40. The number of halogens is 1. The molecule has 0 saturated heterocycles. The largest absolute Gasteiger partial charge is 0.468 e. The maximum atomic E-state index is 13.0. The predicted molar refractivity (Wildman–Crippen MR) is 81.3 cm³/mol. The van der Waals surface area contributed by atoms with E-state index in [0.29, 0.717) is 6.54 Å². The molecule has 0 spiro atoms. The summed E-state index contributed by atoms with van der Waals surface area (Å²) < 4.78 is 20.3. The highest BCUT2D eigenvalue weighted by molar-refractivity contribution is 5.16. The summed E-state index contributed by atoms with van der Waals surface area (Å²) in [5, 5.41) is 4.20. The number of benzene rings is 1. The van der Waals surface area contributed by atoms with Gasteiger partial charge in [0, 0.05) is 31.9 Å². The molecule has 0 bridgehead atoms. The Balaban J connectivity index is 1.74. The smallest absolute Gasteiger partial charge is 0.123 e. The highest BCUT2D eigenvalue weighted by Crippen LogP contribution is 2.14. The van der Waals surface area contributed by atoms with Crippen LogP contribution in [0.5, 0.6) is 0 Å². The molecule has 22 heavy (non-hydrogen) atoms. The number of hydrogen-bond acceptors (Lipinski definition) is 3. The van der Waals surface area contributed by atoms with Crippen LogP contribution in [0, 0.1) is 5.82 Å². The van der Waals surface area contributed by atoms with Crippen molar-refractivity contribution in [1.82, 2.24) is 14.7 Å². The van der Waals surface area contributed by atoms with Crippen molar-refractivity contribution in [2.45, 2.75) is 19.6 Å². The second kappa shape index (κ2) is 6.58. The van der Waals surface area contributed by atoms with E-state index in [0.717, 1.165) is 30.0 Å². The van der Waals surface area contributed by atoms with Crippen LogP contribution in [-0.4, -0.2) is 14.7 Å². The number of nitrogens with zero attached hydrogens (tertiary/aromatic N) is 3. The Morgan fingerprint density at radius 2 is 1.86 bits per heavy atom. The maximum absolute atomic E-state index is 13.0. The van der Waals surface area contributed by atoms with Crippen LogP contribution in [0.4, 0.5) is 4.39 Å². The number of aryl methyl sites for hydroxylation is 1. The van der Waals surface area contributed by atoms with E-state index in [1.807, 2.05) is 43.7 Å². The lowest BCUT2D eigenvalue weighted by molar-refractivity contribution is 0.227. The molecule has 0 aliphatic heterocycles. The van der Waals surface area contributed by atoms with E-state index in [2.05, 4.69) is 10.00 Å². The fourth-order valence-electron chi connectivity index (χ4n) is 2.45. The minimum atomic E-state index is -0.214. The Labute approximate surface area is 128 Å². The minimum Gasteiger partial charge on any atom is -0.468 e. The lowest BCUT2D eigenvalue weighted by atomic mass is 10.2. The van der Waals surface area contributed by atoms with E-state index in [1.54, 1.807) is 10.9 Å². The molecular weight excluding hydrogens is 281 g/mol. The molecule has 114 valence electrons. The van der Waals surface area contributed by atoms with Gasteiger partial charge in [-0.3, -0.25) is 9.58 Å². The third kappa shape index (κ3) is 3.83. The van der Waals surface area contributed by atoms with E-state index in [9.17, 15) is 4.39 Å². The highest BCUT2D eigenvalue weighted by Gasteiger charge is 2.11. The van der Waals surface area contributed by atoms with Gasteiger partial charge < -0.3 is 4.42 Å². The Morgan fingerprint density at radius 1 is 1.09 bits per heavy atom. The molecule has 0 fully saturated rings. The number of furan rings is 1. The van der Waals surface area contributed by atoms with Crippen molar-refractivity contribution < 1.29 is 8.81 Å². The van der Waals surface area contributed by atoms with Gasteiger partial charge in [-0.15, -0.1) is 0 Å². The molecule has 5 heteroatoms. The summed E-state index contributed by atoms with van der Waals surface area (Å²) in [6, 6.07) is 10.5. The van der Waals surface area contributed by atoms with E-state index in [1.165, 1.54) is 12.1 Å². The predicted octanol–water partition coefficient (Wildman–Crippen LogP) is 3.35. The number of aromatic nitrogens is 2. The lowest BCUT2D eigenvalue weighted by Gasteiger charge is -2.20. The van der Waals surface area contributed by atoms with Crippen LogP contribution in [0.1, 0.15) is 16.9 Å². The number of hydrogen-bond donors (Lipinski definition) is 0.